The Morgan fingerprint density at radius 3 is 3.00 bits per heavy atom. The molecule has 0 saturated heterocycles. The van der Waals surface area contributed by atoms with E-state index in [1.165, 1.54) is 23.1 Å². The summed E-state index contributed by atoms with van der Waals surface area (Å²) >= 11 is 1.32. The Bertz CT molecular complexity index is 1030. The summed E-state index contributed by atoms with van der Waals surface area (Å²) in [6.45, 7) is 8.59. The summed E-state index contributed by atoms with van der Waals surface area (Å²) in [4.78, 5) is 31.1. The van der Waals surface area contributed by atoms with Crippen LogP contribution in [-0.2, 0) is 19.6 Å². The molecule has 142 valence electrons. The summed E-state index contributed by atoms with van der Waals surface area (Å²) in [5.74, 6) is 0.325. The number of nitrogens with zero attached hydrogens (tertiary/aromatic N) is 5. The molecule has 0 radical (unpaired) electrons. The van der Waals surface area contributed by atoms with Crippen LogP contribution in [0.1, 0.15) is 35.7 Å². The van der Waals surface area contributed by atoms with Gasteiger partial charge in [0.15, 0.2) is 4.96 Å². The molecule has 1 N–H and O–H groups in total. The number of carbonyl (C=O) groups excluding carboxylic acids is 1. The molecule has 0 unspecified atom stereocenters. The molecular weight excluding hydrogens is 364 g/mol. The molecule has 8 nitrogen and oxygen atoms in total. The fourth-order valence-electron chi connectivity index (χ4n) is 3.42. The van der Waals surface area contributed by atoms with E-state index < -0.39 is 5.56 Å². The number of rotatable bonds is 5. The molecule has 1 aliphatic heterocycles. The molecule has 1 aliphatic rings. The first-order valence-corrected chi connectivity index (χ1v) is 9.90. The zero-order chi connectivity index (χ0) is 19.0. The standard InChI is InChI=1S/C18H22N6O2S/c1-12(2)10-22-3-4-24-14(11-22)7-13(21-24)9-19-17(26)15-8-16(25)20-18-23(15)5-6-27-18/h5-8,12H,3-4,9-11H2,1-2H3,(H,19,26). The molecule has 0 spiro atoms. The largest absolute Gasteiger partial charge is 0.345 e. The van der Waals surface area contributed by atoms with Crippen LogP contribution < -0.4 is 10.9 Å². The van der Waals surface area contributed by atoms with Crippen LogP contribution in [0.2, 0.25) is 0 Å². The molecule has 3 aromatic rings. The van der Waals surface area contributed by atoms with Crippen LogP contribution in [0.3, 0.4) is 0 Å². The maximum Gasteiger partial charge on any atom is 0.274 e. The van der Waals surface area contributed by atoms with Gasteiger partial charge >= 0.3 is 0 Å². The molecule has 0 atom stereocenters. The van der Waals surface area contributed by atoms with Crippen molar-refractivity contribution in [1.82, 2.24) is 29.4 Å². The summed E-state index contributed by atoms with van der Waals surface area (Å²) in [5, 5.41) is 9.26. The van der Waals surface area contributed by atoms with Gasteiger partial charge in [-0.3, -0.25) is 23.6 Å². The Hall–Kier alpha value is -2.52. The smallest absolute Gasteiger partial charge is 0.274 e. The number of thiazole rings is 1. The van der Waals surface area contributed by atoms with Crippen LogP contribution >= 0.6 is 11.3 Å². The van der Waals surface area contributed by atoms with E-state index in [1.807, 2.05) is 10.7 Å². The van der Waals surface area contributed by atoms with Gasteiger partial charge < -0.3 is 5.32 Å². The van der Waals surface area contributed by atoms with E-state index in [0.29, 0.717) is 23.1 Å². The van der Waals surface area contributed by atoms with Gasteiger partial charge in [-0.05, 0) is 12.0 Å². The van der Waals surface area contributed by atoms with Gasteiger partial charge in [-0.1, -0.05) is 13.8 Å². The van der Waals surface area contributed by atoms with Crippen LogP contribution in [0.25, 0.3) is 4.96 Å². The lowest BCUT2D eigenvalue weighted by atomic mass is 10.2. The second-order valence-corrected chi connectivity index (χ2v) is 8.07. The molecule has 1 amide bonds. The van der Waals surface area contributed by atoms with Gasteiger partial charge in [0, 0.05) is 37.3 Å². The number of amides is 1. The maximum atomic E-state index is 12.6. The Kier molecular flexibility index (Phi) is 4.79. The fourth-order valence-corrected chi connectivity index (χ4v) is 4.14. The van der Waals surface area contributed by atoms with E-state index >= 15 is 0 Å². The highest BCUT2D eigenvalue weighted by Crippen LogP contribution is 2.15. The lowest BCUT2D eigenvalue weighted by molar-refractivity contribution is 0.0944. The lowest BCUT2D eigenvalue weighted by Gasteiger charge is -2.28. The molecule has 3 aromatic heterocycles. The normalized spacial score (nSPS) is 14.6. The van der Waals surface area contributed by atoms with Crippen molar-refractivity contribution < 1.29 is 4.79 Å². The Labute approximate surface area is 160 Å². The second-order valence-electron chi connectivity index (χ2n) is 7.20. The predicted molar refractivity (Wildman–Crippen MR) is 103 cm³/mol. The van der Waals surface area contributed by atoms with Gasteiger partial charge in [0.05, 0.1) is 24.5 Å². The third kappa shape index (κ3) is 3.79. The number of nitrogens with one attached hydrogen (secondary N) is 1. The van der Waals surface area contributed by atoms with Crippen LogP contribution in [-0.4, -0.2) is 43.1 Å². The summed E-state index contributed by atoms with van der Waals surface area (Å²) in [7, 11) is 0. The SMILES string of the molecule is CC(C)CN1CCn2nc(CNC(=O)c3cc(=O)nc4sccn34)cc2C1. The van der Waals surface area contributed by atoms with Crippen molar-refractivity contribution in [3.63, 3.8) is 0 Å². The van der Waals surface area contributed by atoms with E-state index in [0.717, 1.165) is 31.9 Å². The third-order valence-electron chi connectivity index (χ3n) is 4.53. The van der Waals surface area contributed by atoms with Crippen LogP contribution in [0.4, 0.5) is 0 Å². The summed E-state index contributed by atoms with van der Waals surface area (Å²) in [5.41, 5.74) is 1.88. The van der Waals surface area contributed by atoms with E-state index in [4.69, 9.17) is 0 Å². The molecular formula is C18H22N6O2S. The number of carbonyl (C=O) groups is 1. The van der Waals surface area contributed by atoms with Gasteiger partial charge in [-0.15, -0.1) is 11.3 Å². The number of hydrogen-bond acceptors (Lipinski definition) is 6. The number of hydrogen-bond donors (Lipinski definition) is 1. The molecule has 0 bridgehead atoms. The van der Waals surface area contributed by atoms with Crippen LogP contribution in [0, 0.1) is 5.92 Å². The van der Waals surface area contributed by atoms with Crippen molar-refractivity contribution in [2.24, 2.45) is 5.92 Å². The quantitative estimate of drug-likeness (QED) is 0.716. The molecule has 4 rings (SSSR count). The minimum Gasteiger partial charge on any atom is -0.345 e. The minimum absolute atomic E-state index is 0.290. The summed E-state index contributed by atoms with van der Waals surface area (Å²) < 4.78 is 3.65. The fraction of sp³-hybridized carbons (Fsp3) is 0.444. The Morgan fingerprint density at radius 1 is 1.33 bits per heavy atom. The van der Waals surface area contributed by atoms with Crippen molar-refractivity contribution in [1.29, 1.82) is 0 Å². The van der Waals surface area contributed by atoms with Crippen molar-refractivity contribution >= 4 is 22.2 Å². The van der Waals surface area contributed by atoms with Gasteiger partial charge in [-0.2, -0.15) is 10.1 Å². The molecule has 0 saturated carbocycles. The molecule has 4 heterocycles. The number of fused-ring (bicyclic) bond motifs is 2. The minimum atomic E-state index is -0.412. The predicted octanol–water partition coefficient (Wildman–Crippen LogP) is 1.35. The van der Waals surface area contributed by atoms with Crippen molar-refractivity contribution in [3.05, 3.63) is 51.1 Å². The van der Waals surface area contributed by atoms with Crippen molar-refractivity contribution in [2.75, 3.05) is 13.1 Å². The second kappa shape index (κ2) is 7.24. The van der Waals surface area contributed by atoms with E-state index in [2.05, 4.69) is 34.1 Å². The summed E-state index contributed by atoms with van der Waals surface area (Å²) in [6, 6.07) is 3.31. The summed E-state index contributed by atoms with van der Waals surface area (Å²) in [6.07, 6.45) is 1.74. The van der Waals surface area contributed by atoms with Crippen molar-refractivity contribution in [2.45, 2.75) is 33.5 Å². The molecule has 0 aromatic carbocycles. The third-order valence-corrected chi connectivity index (χ3v) is 5.29. The van der Waals surface area contributed by atoms with Crippen molar-refractivity contribution in [3.8, 4) is 0 Å². The average molecular weight is 386 g/mol. The zero-order valence-electron chi connectivity index (χ0n) is 15.4. The van der Waals surface area contributed by atoms with Gasteiger partial charge in [-0.25, -0.2) is 0 Å². The monoisotopic (exact) mass is 386 g/mol. The van der Waals surface area contributed by atoms with Crippen LogP contribution in [0.15, 0.2) is 28.5 Å². The molecule has 0 aliphatic carbocycles. The highest BCUT2D eigenvalue weighted by Gasteiger charge is 2.19. The van der Waals surface area contributed by atoms with E-state index in [-0.39, 0.29) is 5.91 Å². The average Bonchev–Trinajstić information content (AvgIpc) is 3.24. The van der Waals surface area contributed by atoms with E-state index in [9.17, 15) is 9.59 Å². The zero-order valence-corrected chi connectivity index (χ0v) is 16.2. The first-order chi connectivity index (χ1) is 13.0. The van der Waals surface area contributed by atoms with E-state index in [1.54, 1.807) is 16.0 Å². The molecule has 9 heteroatoms. The van der Waals surface area contributed by atoms with Gasteiger partial charge in [0.25, 0.3) is 11.5 Å². The highest BCUT2D eigenvalue weighted by atomic mass is 32.1. The van der Waals surface area contributed by atoms with Gasteiger partial charge in [0.1, 0.15) is 5.69 Å². The Balaban J connectivity index is 1.45. The first kappa shape index (κ1) is 17.9. The topological polar surface area (TPSA) is 84.5 Å². The Morgan fingerprint density at radius 2 is 2.19 bits per heavy atom. The van der Waals surface area contributed by atoms with Gasteiger partial charge in [0.2, 0.25) is 0 Å². The number of aromatic nitrogens is 4. The highest BCUT2D eigenvalue weighted by molar-refractivity contribution is 7.15. The molecule has 27 heavy (non-hydrogen) atoms. The first-order valence-electron chi connectivity index (χ1n) is 9.02. The lowest BCUT2D eigenvalue weighted by Crippen LogP contribution is -2.36. The van der Waals surface area contributed by atoms with Crippen LogP contribution in [0.5, 0.6) is 0 Å². The maximum absolute atomic E-state index is 12.6. The molecule has 0 fully saturated rings.